The summed E-state index contributed by atoms with van der Waals surface area (Å²) in [4.78, 5) is 11.9. The van der Waals surface area contributed by atoms with Gasteiger partial charge in [0.1, 0.15) is 5.60 Å². The average Bonchev–Trinajstić information content (AvgIpc) is 2.38. The predicted octanol–water partition coefficient (Wildman–Crippen LogP) is 1.88. The maximum Gasteiger partial charge on any atom is 0.338 e. The van der Waals surface area contributed by atoms with Gasteiger partial charge in [-0.1, -0.05) is 12.1 Å². The van der Waals surface area contributed by atoms with Crippen molar-refractivity contribution >= 4 is 5.97 Å². The molecular weight excluding hydrogens is 240 g/mol. The van der Waals surface area contributed by atoms with Crippen molar-refractivity contribution in [1.82, 2.24) is 10.6 Å². The van der Waals surface area contributed by atoms with Crippen molar-refractivity contribution in [2.75, 3.05) is 19.6 Å². The molecule has 0 radical (unpaired) electrons. The summed E-state index contributed by atoms with van der Waals surface area (Å²) >= 11 is 0. The van der Waals surface area contributed by atoms with E-state index in [1.807, 2.05) is 45.0 Å². The van der Waals surface area contributed by atoms with Crippen molar-refractivity contribution in [3.8, 4) is 0 Å². The van der Waals surface area contributed by atoms with E-state index in [0.29, 0.717) is 11.6 Å². The summed E-state index contributed by atoms with van der Waals surface area (Å²) in [7, 11) is 0. The molecule has 4 heteroatoms. The Morgan fingerprint density at radius 3 is 2.42 bits per heavy atom. The lowest BCUT2D eigenvalue weighted by Gasteiger charge is -2.25. The van der Waals surface area contributed by atoms with Crippen LogP contribution >= 0.6 is 0 Å². The van der Waals surface area contributed by atoms with Gasteiger partial charge in [-0.15, -0.1) is 0 Å². The fraction of sp³-hybridized carbons (Fsp3) is 0.533. The van der Waals surface area contributed by atoms with E-state index < -0.39 is 5.60 Å². The number of benzene rings is 1. The van der Waals surface area contributed by atoms with Gasteiger partial charge in [0, 0.05) is 25.7 Å². The molecule has 1 unspecified atom stereocenters. The Morgan fingerprint density at radius 2 is 1.89 bits per heavy atom. The first-order valence-corrected chi connectivity index (χ1v) is 6.73. The SMILES string of the molecule is CC(C)(C)OC(=O)c1ccc(C2CNCCN2)cc1. The number of esters is 1. The van der Waals surface area contributed by atoms with Gasteiger partial charge in [-0.05, 0) is 38.5 Å². The third-order valence-electron chi connectivity index (χ3n) is 2.99. The van der Waals surface area contributed by atoms with Crippen molar-refractivity contribution in [2.45, 2.75) is 32.4 Å². The minimum Gasteiger partial charge on any atom is -0.456 e. The zero-order chi connectivity index (χ0) is 13.9. The van der Waals surface area contributed by atoms with Gasteiger partial charge in [0.05, 0.1) is 5.56 Å². The Morgan fingerprint density at radius 1 is 1.21 bits per heavy atom. The van der Waals surface area contributed by atoms with Gasteiger partial charge in [0.25, 0.3) is 0 Å². The van der Waals surface area contributed by atoms with Crippen LogP contribution in [-0.2, 0) is 4.74 Å². The fourth-order valence-corrected chi connectivity index (χ4v) is 2.08. The number of hydrogen-bond donors (Lipinski definition) is 2. The number of ether oxygens (including phenoxy) is 1. The second-order valence-electron chi connectivity index (χ2n) is 5.83. The van der Waals surface area contributed by atoms with Crippen LogP contribution in [-0.4, -0.2) is 31.2 Å². The van der Waals surface area contributed by atoms with Crippen LogP contribution in [0.25, 0.3) is 0 Å². The van der Waals surface area contributed by atoms with Crippen LogP contribution in [0.3, 0.4) is 0 Å². The summed E-state index contributed by atoms with van der Waals surface area (Å²) in [5.74, 6) is -0.270. The summed E-state index contributed by atoms with van der Waals surface area (Å²) in [6.45, 7) is 8.52. The number of nitrogens with one attached hydrogen (secondary N) is 2. The molecule has 2 N–H and O–H groups in total. The highest BCUT2D eigenvalue weighted by Gasteiger charge is 2.19. The van der Waals surface area contributed by atoms with Gasteiger partial charge in [0.2, 0.25) is 0 Å². The highest BCUT2D eigenvalue weighted by molar-refractivity contribution is 5.89. The highest BCUT2D eigenvalue weighted by Crippen LogP contribution is 2.17. The lowest BCUT2D eigenvalue weighted by molar-refractivity contribution is 0.00695. The molecular formula is C15H22N2O2. The maximum atomic E-state index is 11.9. The lowest BCUT2D eigenvalue weighted by atomic mass is 10.0. The molecule has 1 fully saturated rings. The van der Waals surface area contributed by atoms with Crippen LogP contribution in [0.1, 0.15) is 42.7 Å². The Kier molecular flexibility index (Phi) is 4.22. The summed E-state index contributed by atoms with van der Waals surface area (Å²) in [6.07, 6.45) is 0. The monoisotopic (exact) mass is 262 g/mol. The maximum absolute atomic E-state index is 11.9. The zero-order valence-corrected chi connectivity index (χ0v) is 11.8. The second-order valence-corrected chi connectivity index (χ2v) is 5.83. The Hall–Kier alpha value is -1.39. The van der Waals surface area contributed by atoms with E-state index in [0.717, 1.165) is 19.6 Å². The van der Waals surface area contributed by atoms with E-state index in [4.69, 9.17) is 4.74 Å². The quantitative estimate of drug-likeness (QED) is 0.799. The molecule has 0 aliphatic carbocycles. The van der Waals surface area contributed by atoms with Crippen molar-refractivity contribution < 1.29 is 9.53 Å². The normalized spacial score (nSPS) is 20.1. The van der Waals surface area contributed by atoms with Gasteiger partial charge in [0.15, 0.2) is 0 Å². The number of rotatable bonds is 2. The molecule has 1 aliphatic rings. The van der Waals surface area contributed by atoms with Gasteiger partial charge in [-0.25, -0.2) is 4.79 Å². The van der Waals surface area contributed by atoms with Crippen molar-refractivity contribution in [2.24, 2.45) is 0 Å². The third-order valence-corrected chi connectivity index (χ3v) is 2.99. The minimum absolute atomic E-state index is 0.270. The summed E-state index contributed by atoms with van der Waals surface area (Å²) < 4.78 is 5.34. The molecule has 0 spiro atoms. The van der Waals surface area contributed by atoms with Crippen LogP contribution in [0.5, 0.6) is 0 Å². The van der Waals surface area contributed by atoms with E-state index in [1.165, 1.54) is 5.56 Å². The van der Waals surface area contributed by atoms with E-state index in [2.05, 4.69) is 10.6 Å². The number of piperazine rings is 1. The molecule has 1 aromatic rings. The fourth-order valence-electron chi connectivity index (χ4n) is 2.08. The van der Waals surface area contributed by atoms with Crippen LogP contribution in [0.2, 0.25) is 0 Å². The van der Waals surface area contributed by atoms with Gasteiger partial charge in [-0.2, -0.15) is 0 Å². The van der Waals surface area contributed by atoms with Crippen molar-refractivity contribution in [3.63, 3.8) is 0 Å². The number of carbonyl (C=O) groups is 1. The standard InChI is InChI=1S/C15H22N2O2/c1-15(2,3)19-14(18)12-6-4-11(5-7-12)13-10-16-8-9-17-13/h4-7,13,16-17H,8-10H2,1-3H3. The Bertz CT molecular complexity index is 428. The first-order chi connectivity index (χ1) is 8.96. The molecule has 19 heavy (non-hydrogen) atoms. The molecule has 0 amide bonds. The predicted molar refractivity (Wildman–Crippen MR) is 75.2 cm³/mol. The summed E-state index contributed by atoms with van der Waals surface area (Å²) in [5, 5.41) is 6.79. The van der Waals surface area contributed by atoms with Gasteiger partial charge < -0.3 is 15.4 Å². The summed E-state index contributed by atoms with van der Waals surface area (Å²) in [5.41, 5.74) is 1.34. The number of hydrogen-bond acceptors (Lipinski definition) is 4. The Labute approximate surface area is 114 Å². The summed E-state index contributed by atoms with van der Waals surface area (Å²) in [6, 6.07) is 7.97. The molecule has 2 rings (SSSR count). The first-order valence-electron chi connectivity index (χ1n) is 6.73. The second kappa shape index (κ2) is 5.72. The molecule has 0 bridgehead atoms. The van der Waals surface area contributed by atoms with E-state index >= 15 is 0 Å². The van der Waals surface area contributed by atoms with E-state index in [-0.39, 0.29) is 5.97 Å². The molecule has 1 aromatic carbocycles. The van der Waals surface area contributed by atoms with Crippen LogP contribution in [0.15, 0.2) is 24.3 Å². The van der Waals surface area contributed by atoms with Crippen LogP contribution < -0.4 is 10.6 Å². The molecule has 1 aliphatic heterocycles. The van der Waals surface area contributed by atoms with Crippen molar-refractivity contribution in [1.29, 1.82) is 0 Å². The molecule has 1 saturated heterocycles. The topological polar surface area (TPSA) is 50.4 Å². The van der Waals surface area contributed by atoms with Crippen LogP contribution in [0, 0.1) is 0 Å². The number of carbonyl (C=O) groups excluding carboxylic acids is 1. The lowest BCUT2D eigenvalue weighted by Crippen LogP contribution is -2.42. The minimum atomic E-state index is -0.454. The van der Waals surface area contributed by atoms with E-state index in [1.54, 1.807) is 0 Å². The Balaban J connectivity index is 2.03. The van der Waals surface area contributed by atoms with E-state index in [9.17, 15) is 4.79 Å². The average molecular weight is 262 g/mol. The first kappa shape index (κ1) is 14.0. The van der Waals surface area contributed by atoms with Gasteiger partial charge in [-0.3, -0.25) is 0 Å². The van der Waals surface area contributed by atoms with Crippen molar-refractivity contribution in [3.05, 3.63) is 35.4 Å². The third kappa shape index (κ3) is 4.04. The molecule has 0 saturated carbocycles. The highest BCUT2D eigenvalue weighted by atomic mass is 16.6. The largest absolute Gasteiger partial charge is 0.456 e. The molecule has 0 aromatic heterocycles. The molecule has 1 heterocycles. The molecule has 104 valence electrons. The van der Waals surface area contributed by atoms with Crippen LogP contribution in [0.4, 0.5) is 0 Å². The zero-order valence-electron chi connectivity index (χ0n) is 11.8. The smallest absolute Gasteiger partial charge is 0.338 e. The molecule has 4 nitrogen and oxygen atoms in total. The molecule has 1 atom stereocenters. The van der Waals surface area contributed by atoms with Gasteiger partial charge >= 0.3 is 5.97 Å².